The van der Waals surface area contributed by atoms with Gasteiger partial charge in [0.25, 0.3) is 0 Å². The van der Waals surface area contributed by atoms with Crippen LogP contribution in [0.25, 0.3) is 0 Å². The zero-order valence-electron chi connectivity index (χ0n) is 12.2. The maximum Gasteiger partial charge on any atom is 0.0477 e. The third kappa shape index (κ3) is 4.57. The second kappa shape index (κ2) is 7.34. The number of methoxy groups -OCH3 is 1. The molecule has 1 aliphatic heterocycles. The summed E-state index contributed by atoms with van der Waals surface area (Å²) in [7, 11) is 1.79. The molecule has 1 fully saturated rings. The van der Waals surface area contributed by atoms with Gasteiger partial charge in [0.05, 0.1) is 0 Å². The Morgan fingerprint density at radius 2 is 2.06 bits per heavy atom. The van der Waals surface area contributed by atoms with Crippen molar-refractivity contribution in [1.29, 1.82) is 0 Å². The van der Waals surface area contributed by atoms with Crippen molar-refractivity contribution in [1.82, 2.24) is 10.2 Å². The number of rotatable bonds is 5. The summed E-state index contributed by atoms with van der Waals surface area (Å²) >= 11 is 0. The van der Waals surface area contributed by atoms with Crippen LogP contribution in [0, 0.1) is 5.92 Å². The van der Waals surface area contributed by atoms with E-state index in [0.29, 0.717) is 24.0 Å². The lowest BCUT2D eigenvalue weighted by Gasteiger charge is -2.35. The van der Waals surface area contributed by atoms with Gasteiger partial charge in [-0.2, -0.15) is 0 Å². The molecule has 0 radical (unpaired) electrons. The third-order valence-corrected chi connectivity index (χ3v) is 4.05. The van der Waals surface area contributed by atoms with Crippen LogP contribution in [0.15, 0.2) is 0 Å². The lowest BCUT2D eigenvalue weighted by Crippen LogP contribution is -2.47. The van der Waals surface area contributed by atoms with Crippen LogP contribution in [0.1, 0.15) is 40.5 Å². The van der Waals surface area contributed by atoms with E-state index in [2.05, 4.69) is 37.9 Å². The van der Waals surface area contributed by atoms with Crippen molar-refractivity contribution in [2.24, 2.45) is 5.92 Å². The quantitative estimate of drug-likeness (QED) is 0.799. The molecule has 3 unspecified atom stereocenters. The molecular weight excluding hydrogens is 212 g/mol. The smallest absolute Gasteiger partial charge is 0.0477 e. The van der Waals surface area contributed by atoms with Gasteiger partial charge in [-0.3, -0.25) is 4.90 Å². The monoisotopic (exact) mass is 242 g/mol. The first-order chi connectivity index (χ1) is 8.06. The highest BCUT2D eigenvalue weighted by Gasteiger charge is 2.27. The summed E-state index contributed by atoms with van der Waals surface area (Å²) in [4.78, 5) is 2.66. The van der Waals surface area contributed by atoms with Crippen molar-refractivity contribution in [3.63, 3.8) is 0 Å². The van der Waals surface area contributed by atoms with Gasteiger partial charge in [-0.15, -0.1) is 0 Å². The van der Waals surface area contributed by atoms with Gasteiger partial charge in [-0.05, 0) is 39.2 Å². The van der Waals surface area contributed by atoms with Crippen LogP contribution in [-0.4, -0.2) is 49.8 Å². The van der Waals surface area contributed by atoms with Crippen molar-refractivity contribution in [3.8, 4) is 0 Å². The Balaban J connectivity index is 2.58. The Bertz CT molecular complexity index is 208. The van der Waals surface area contributed by atoms with Crippen LogP contribution in [0.3, 0.4) is 0 Å². The van der Waals surface area contributed by atoms with E-state index in [1.807, 2.05) is 0 Å². The van der Waals surface area contributed by atoms with Gasteiger partial charge in [-0.1, -0.05) is 13.8 Å². The molecule has 102 valence electrons. The average Bonchev–Trinajstić information content (AvgIpc) is 2.48. The van der Waals surface area contributed by atoms with Crippen LogP contribution in [0.4, 0.5) is 0 Å². The molecule has 3 atom stereocenters. The fourth-order valence-corrected chi connectivity index (χ4v) is 2.63. The highest BCUT2D eigenvalue weighted by molar-refractivity contribution is 4.85. The van der Waals surface area contributed by atoms with E-state index < -0.39 is 0 Å². The molecule has 0 aromatic rings. The van der Waals surface area contributed by atoms with Gasteiger partial charge in [0.2, 0.25) is 0 Å². The van der Waals surface area contributed by atoms with Crippen molar-refractivity contribution < 1.29 is 4.74 Å². The molecule has 1 aliphatic rings. The predicted molar refractivity (Wildman–Crippen MR) is 73.4 cm³/mol. The first-order valence-electron chi connectivity index (χ1n) is 7.04. The van der Waals surface area contributed by atoms with Crippen molar-refractivity contribution in [3.05, 3.63) is 0 Å². The zero-order valence-corrected chi connectivity index (χ0v) is 12.2. The van der Waals surface area contributed by atoms with Crippen LogP contribution in [0.5, 0.6) is 0 Å². The number of nitrogens with zero attached hydrogens (tertiary/aromatic N) is 1. The first-order valence-corrected chi connectivity index (χ1v) is 7.04. The van der Waals surface area contributed by atoms with E-state index in [-0.39, 0.29) is 0 Å². The van der Waals surface area contributed by atoms with Crippen LogP contribution in [-0.2, 0) is 4.74 Å². The maximum absolute atomic E-state index is 5.20. The summed E-state index contributed by atoms with van der Waals surface area (Å²) in [5.74, 6) is 0.706. The zero-order chi connectivity index (χ0) is 12.8. The van der Waals surface area contributed by atoms with Gasteiger partial charge in [0.1, 0.15) is 0 Å². The molecule has 0 spiro atoms. The molecule has 1 N–H and O–H groups in total. The van der Waals surface area contributed by atoms with E-state index in [9.17, 15) is 0 Å². The van der Waals surface area contributed by atoms with Gasteiger partial charge in [-0.25, -0.2) is 0 Å². The Labute approximate surface area is 107 Å². The normalized spacial score (nSPS) is 29.3. The molecule has 1 heterocycles. The molecule has 0 aromatic heterocycles. The van der Waals surface area contributed by atoms with Gasteiger partial charge >= 0.3 is 0 Å². The molecule has 1 saturated heterocycles. The molecule has 0 amide bonds. The lowest BCUT2D eigenvalue weighted by molar-refractivity contribution is 0.104. The Morgan fingerprint density at radius 1 is 1.35 bits per heavy atom. The topological polar surface area (TPSA) is 24.5 Å². The van der Waals surface area contributed by atoms with E-state index in [4.69, 9.17) is 4.74 Å². The number of hydrogen-bond acceptors (Lipinski definition) is 3. The van der Waals surface area contributed by atoms with Crippen molar-refractivity contribution >= 4 is 0 Å². The summed E-state index contributed by atoms with van der Waals surface area (Å²) in [6.07, 6.45) is 2.38. The fraction of sp³-hybridized carbons (Fsp3) is 1.00. The highest BCUT2D eigenvalue weighted by Crippen LogP contribution is 2.18. The van der Waals surface area contributed by atoms with Crippen LogP contribution in [0.2, 0.25) is 0 Å². The second-order valence-electron chi connectivity index (χ2n) is 5.77. The van der Waals surface area contributed by atoms with Crippen molar-refractivity contribution in [2.75, 3.05) is 26.8 Å². The molecule has 0 aliphatic carbocycles. The predicted octanol–water partition coefficient (Wildman–Crippen LogP) is 2.12. The molecular formula is C14H30N2O. The molecule has 17 heavy (non-hydrogen) atoms. The highest BCUT2D eigenvalue weighted by atomic mass is 16.5. The molecule has 1 rings (SSSR count). The van der Waals surface area contributed by atoms with E-state index >= 15 is 0 Å². The first kappa shape index (κ1) is 14.9. The van der Waals surface area contributed by atoms with Gasteiger partial charge in [0, 0.05) is 38.4 Å². The summed E-state index contributed by atoms with van der Waals surface area (Å²) in [5.41, 5.74) is 0. The molecule has 0 aromatic carbocycles. The van der Waals surface area contributed by atoms with Crippen LogP contribution < -0.4 is 5.32 Å². The largest absolute Gasteiger partial charge is 0.385 e. The fourth-order valence-electron chi connectivity index (χ4n) is 2.63. The average molecular weight is 242 g/mol. The number of nitrogens with one attached hydrogen (secondary N) is 1. The minimum atomic E-state index is 0.617. The van der Waals surface area contributed by atoms with Gasteiger partial charge in [0.15, 0.2) is 0 Å². The summed E-state index contributed by atoms with van der Waals surface area (Å²) < 4.78 is 5.20. The summed E-state index contributed by atoms with van der Waals surface area (Å²) in [6.45, 7) is 12.5. The number of ether oxygens (including phenoxy) is 1. The third-order valence-electron chi connectivity index (χ3n) is 4.05. The minimum absolute atomic E-state index is 0.617. The Morgan fingerprint density at radius 3 is 2.65 bits per heavy atom. The Kier molecular flexibility index (Phi) is 6.45. The SMILES string of the molecule is COCCC(C)N1CC(C(C)C)NCCC1C. The lowest BCUT2D eigenvalue weighted by atomic mass is 10.0. The molecule has 0 bridgehead atoms. The van der Waals surface area contributed by atoms with E-state index in [1.54, 1.807) is 7.11 Å². The molecule has 3 heteroatoms. The maximum atomic E-state index is 5.20. The summed E-state index contributed by atoms with van der Waals surface area (Å²) in [5, 5.41) is 3.68. The molecule has 3 nitrogen and oxygen atoms in total. The van der Waals surface area contributed by atoms with Crippen molar-refractivity contribution in [2.45, 2.75) is 58.7 Å². The standard InChI is InChI=1S/C14H30N2O/c1-11(2)14-10-16(12(3)6-8-15-14)13(4)7-9-17-5/h11-15H,6-10H2,1-5H3. The number of hydrogen-bond donors (Lipinski definition) is 1. The van der Waals surface area contributed by atoms with Crippen LogP contribution >= 0.6 is 0 Å². The minimum Gasteiger partial charge on any atom is -0.385 e. The van der Waals surface area contributed by atoms with E-state index in [0.717, 1.165) is 19.6 Å². The van der Waals surface area contributed by atoms with Gasteiger partial charge < -0.3 is 10.1 Å². The second-order valence-corrected chi connectivity index (χ2v) is 5.77. The Hall–Kier alpha value is -0.120. The van der Waals surface area contributed by atoms with E-state index in [1.165, 1.54) is 13.0 Å². The molecule has 0 saturated carbocycles. The summed E-state index contributed by atoms with van der Waals surface area (Å²) in [6, 6.07) is 1.93.